The van der Waals surface area contributed by atoms with Crippen molar-refractivity contribution in [3.05, 3.63) is 12.1 Å². The van der Waals surface area contributed by atoms with Crippen molar-refractivity contribution >= 4 is 49.8 Å². The molecular formula is C10H11ClN4OS. The van der Waals surface area contributed by atoms with Crippen LogP contribution >= 0.6 is 22.9 Å². The fourth-order valence-corrected chi connectivity index (χ4v) is 2.26. The number of alkyl halides is 1. The van der Waals surface area contributed by atoms with Crippen LogP contribution in [-0.2, 0) is 0 Å². The minimum atomic E-state index is 0.186. The maximum atomic E-state index is 5.66. The summed E-state index contributed by atoms with van der Waals surface area (Å²) >= 11 is 6.96. The van der Waals surface area contributed by atoms with Crippen LogP contribution in [0.3, 0.4) is 0 Å². The maximum absolute atomic E-state index is 5.66. The van der Waals surface area contributed by atoms with Crippen molar-refractivity contribution < 1.29 is 4.74 Å². The summed E-state index contributed by atoms with van der Waals surface area (Å²) in [6, 6.07) is 3.60. The van der Waals surface area contributed by atoms with E-state index in [0.29, 0.717) is 22.4 Å². The van der Waals surface area contributed by atoms with E-state index in [1.807, 2.05) is 6.07 Å². The van der Waals surface area contributed by atoms with Gasteiger partial charge >= 0.3 is 0 Å². The molecule has 4 N–H and O–H groups in total. The Hall–Kier alpha value is -1.53. The summed E-state index contributed by atoms with van der Waals surface area (Å²) in [5.74, 6) is 1.16. The Balaban J connectivity index is 2.59. The number of amidine groups is 1. The molecule has 0 saturated heterocycles. The van der Waals surface area contributed by atoms with Gasteiger partial charge in [-0.05, 0) is 6.07 Å². The summed E-state index contributed by atoms with van der Waals surface area (Å²) in [5, 5.41) is 0.491. The Morgan fingerprint density at radius 3 is 3.00 bits per heavy atom. The van der Waals surface area contributed by atoms with Gasteiger partial charge in [0.05, 0.1) is 23.4 Å². The van der Waals surface area contributed by atoms with Gasteiger partial charge in [-0.3, -0.25) is 0 Å². The predicted molar refractivity (Wildman–Crippen MR) is 72.6 cm³/mol. The zero-order valence-electron chi connectivity index (χ0n) is 9.11. The number of nitrogens with zero attached hydrogens (tertiary/aromatic N) is 2. The van der Waals surface area contributed by atoms with Gasteiger partial charge in [-0.15, -0.1) is 11.6 Å². The molecule has 1 heterocycles. The second kappa shape index (κ2) is 4.77. The fraction of sp³-hybridized carbons (Fsp3) is 0.200. The third kappa shape index (κ3) is 2.42. The highest BCUT2D eigenvalue weighted by molar-refractivity contribution is 7.22. The first-order valence-electron chi connectivity index (χ1n) is 4.77. The van der Waals surface area contributed by atoms with E-state index >= 15 is 0 Å². The van der Waals surface area contributed by atoms with E-state index in [4.69, 9.17) is 27.8 Å². The molecular weight excluding hydrogens is 260 g/mol. The van der Waals surface area contributed by atoms with E-state index in [0.717, 1.165) is 10.2 Å². The molecule has 0 fully saturated rings. The molecule has 0 radical (unpaired) electrons. The van der Waals surface area contributed by atoms with Gasteiger partial charge in [-0.1, -0.05) is 11.3 Å². The molecule has 0 aliphatic heterocycles. The van der Waals surface area contributed by atoms with Crippen LogP contribution in [0.4, 0.5) is 10.8 Å². The largest absolute Gasteiger partial charge is 0.494 e. The van der Waals surface area contributed by atoms with Gasteiger partial charge in [-0.25, -0.2) is 9.98 Å². The Morgan fingerprint density at radius 1 is 1.59 bits per heavy atom. The number of rotatable bonds is 3. The molecule has 0 atom stereocenters. The van der Waals surface area contributed by atoms with Crippen molar-refractivity contribution in [1.29, 1.82) is 0 Å². The summed E-state index contributed by atoms with van der Waals surface area (Å²) in [7, 11) is 1.57. The molecule has 0 saturated carbocycles. The molecule has 1 aromatic heterocycles. The van der Waals surface area contributed by atoms with Crippen LogP contribution in [0, 0.1) is 0 Å². The normalized spacial score (nSPS) is 12.0. The van der Waals surface area contributed by atoms with Crippen LogP contribution in [0.2, 0.25) is 0 Å². The number of hydrogen-bond acceptors (Lipinski definition) is 5. The number of anilines is 1. The number of fused-ring (bicyclic) bond motifs is 1. The lowest BCUT2D eigenvalue weighted by atomic mass is 10.3. The number of nitrogens with two attached hydrogens (primary N) is 2. The molecule has 90 valence electrons. The molecule has 1 aromatic carbocycles. The molecule has 0 amide bonds. The first-order chi connectivity index (χ1) is 8.13. The van der Waals surface area contributed by atoms with Gasteiger partial charge in [0.25, 0.3) is 0 Å². The van der Waals surface area contributed by atoms with Crippen molar-refractivity contribution in [1.82, 2.24) is 4.98 Å². The van der Waals surface area contributed by atoms with Gasteiger partial charge in [-0.2, -0.15) is 0 Å². The van der Waals surface area contributed by atoms with Crippen molar-refractivity contribution in [2.75, 3.05) is 18.7 Å². The van der Waals surface area contributed by atoms with Crippen LogP contribution in [0.25, 0.3) is 10.2 Å². The number of nitrogen functional groups attached to an aromatic ring is 1. The summed E-state index contributed by atoms with van der Waals surface area (Å²) < 4.78 is 6.15. The number of aromatic nitrogens is 1. The predicted octanol–water partition coefficient (Wildman–Crippen LogP) is 2.11. The molecule has 0 bridgehead atoms. The molecule has 2 aromatic rings. The van der Waals surface area contributed by atoms with Crippen LogP contribution in [0.15, 0.2) is 17.1 Å². The molecule has 0 aliphatic rings. The lowest BCUT2D eigenvalue weighted by molar-refractivity contribution is 0.419. The zero-order valence-corrected chi connectivity index (χ0v) is 10.7. The Morgan fingerprint density at radius 2 is 2.35 bits per heavy atom. The topological polar surface area (TPSA) is 86.5 Å². The Kier molecular flexibility index (Phi) is 3.35. The average Bonchev–Trinajstić information content (AvgIpc) is 2.68. The molecule has 0 spiro atoms. The molecule has 17 heavy (non-hydrogen) atoms. The quantitative estimate of drug-likeness (QED) is 0.508. The van der Waals surface area contributed by atoms with Gasteiger partial charge in [0.15, 0.2) is 5.13 Å². The lowest BCUT2D eigenvalue weighted by Gasteiger charge is -2.02. The smallest absolute Gasteiger partial charge is 0.181 e. The highest BCUT2D eigenvalue weighted by Crippen LogP contribution is 2.35. The summed E-state index contributed by atoms with van der Waals surface area (Å²) in [5.41, 5.74) is 12.7. The van der Waals surface area contributed by atoms with Crippen molar-refractivity contribution in [2.45, 2.75) is 0 Å². The fourth-order valence-electron chi connectivity index (χ4n) is 1.42. The number of hydrogen-bond donors (Lipinski definition) is 2. The van der Waals surface area contributed by atoms with Crippen molar-refractivity contribution in [3.63, 3.8) is 0 Å². The number of thiazole rings is 1. The van der Waals surface area contributed by atoms with E-state index in [1.54, 1.807) is 13.2 Å². The Bertz CT molecular complexity index is 581. The molecule has 0 unspecified atom stereocenters. The molecule has 2 rings (SSSR count). The SMILES string of the molecule is COc1cc(N=C(N)CCl)cc2sc(N)nc12. The van der Waals surface area contributed by atoms with E-state index < -0.39 is 0 Å². The number of aliphatic imine (C=N–C) groups is 1. The Labute approximate surface area is 107 Å². The minimum absolute atomic E-state index is 0.186. The zero-order chi connectivity index (χ0) is 12.4. The van der Waals surface area contributed by atoms with E-state index in [-0.39, 0.29) is 5.88 Å². The summed E-state index contributed by atoms with van der Waals surface area (Å²) in [6.45, 7) is 0. The first kappa shape index (κ1) is 11.9. The number of methoxy groups -OCH3 is 1. The molecule has 5 nitrogen and oxygen atoms in total. The van der Waals surface area contributed by atoms with Crippen LogP contribution in [-0.4, -0.2) is 23.8 Å². The van der Waals surface area contributed by atoms with E-state index in [9.17, 15) is 0 Å². The summed E-state index contributed by atoms with van der Waals surface area (Å²) in [6.07, 6.45) is 0. The molecule has 7 heteroatoms. The van der Waals surface area contributed by atoms with Gasteiger partial charge in [0.1, 0.15) is 17.1 Å². The van der Waals surface area contributed by atoms with E-state index in [1.165, 1.54) is 11.3 Å². The van der Waals surface area contributed by atoms with Gasteiger partial charge in [0, 0.05) is 6.07 Å². The van der Waals surface area contributed by atoms with Crippen molar-refractivity contribution in [3.8, 4) is 5.75 Å². The minimum Gasteiger partial charge on any atom is -0.494 e. The van der Waals surface area contributed by atoms with E-state index in [2.05, 4.69) is 9.98 Å². The third-order valence-electron chi connectivity index (χ3n) is 2.09. The number of halogens is 1. The van der Waals surface area contributed by atoms with Crippen LogP contribution in [0.5, 0.6) is 5.75 Å². The average molecular weight is 271 g/mol. The highest BCUT2D eigenvalue weighted by Gasteiger charge is 2.09. The lowest BCUT2D eigenvalue weighted by Crippen LogP contribution is -2.12. The maximum Gasteiger partial charge on any atom is 0.181 e. The second-order valence-electron chi connectivity index (χ2n) is 3.28. The monoisotopic (exact) mass is 270 g/mol. The first-order valence-corrected chi connectivity index (χ1v) is 6.12. The number of benzene rings is 1. The van der Waals surface area contributed by atoms with Gasteiger partial charge < -0.3 is 16.2 Å². The van der Waals surface area contributed by atoms with Gasteiger partial charge in [0.2, 0.25) is 0 Å². The highest BCUT2D eigenvalue weighted by atomic mass is 35.5. The molecule has 0 aliphatic carbocycles. The number of ether oxygens (including phenoxy) is 1. The van der Waals surface area contributed by atoms with Crippen molar-refractivity contribution in [2.24, 2.45) is 10.7 Å². The summed E-state index contributed by atoms with van der Waals surface area (Å²) in [4.78, 5) is 8.36. The third-order valence-corrected chi connectivity index (χ3v) is 3.20. The second-order valence-corrected chi connectivity index (χ2v) is 4.61. The van der Waals surface area contributed by atoms with Crippen LogP contribution < -0.4 is 16.2 Å². The van der Waals surface area contributed by atoms with Crippen LogP contribution in [0.1, 0.15) is 0 Å². The standard InChI is InChI=1S/C10H11ClN4OS/c1-16-6-2-5(14-8(12)4-11)3-7-9(6)15-10(13)17-7/h2-3H,4H2,1H3,(H2,12,14)(H2,13,15).